The summed E-state index contributed by atoms with van der Waals surface area (Å²) in [6.45, 7) is 5.15. The third-order valence-electron chi connectivity index (χ3n) is 5.38. The average Bonchev–Trinajstić information content (AvgIpc) is 3.08. The average molecular weight is 380 g/mol. The van der Waals surface area contributed by atoms with Gasteiger partial charge in [0.1, 0.15) is 5.75 Å². The predicted molar refractivity (Wildman–Crippen MR) is 111 cm³/mol. The van der Waals surface area contributed by atoms with Crippen molar-refractivity contribution in [1.82, 2.24) is 4.90 Å². The number of likely N-dealkylation sites (tertiary alicyclic amines) is 1. The first-order valence-corrected chi connectivity index (χ1v) is 9.82. The van der Waals surface area contributed by atoms with Crippen LogP contribution in [0.4, 0.5) is 5.69 Å². The molecule has 5 heteroatoms. The molecule has 0 aromatic heterocycles. The van der Waals surface area contributed by atoms with E-state index in [0.717, 1.165) is 41.0 Å². The molecule has 0 bridgehead atoms. The first-order chi connectivity index (χ1) is 13.5. The minimum Gasteiger partial charge on any atom is -0.497 e. The van der Waals surface area contributed by atoms with Crippen molar-refractivity contribution in [2.24, 2.45) is 5.92 Å². The summed E-state index contributed by atoms with van der Waals surface area (Å²) in [4.78, 5) is 27.0. The second-order valence-corrected chi connectivity index (χ2v) is 7.29. The van der Waals surface area contributed by atoms with E-state index in [1.807, 2.05) is 49.4 Å². The number of hydrogen-bond acceptors (Lipinski definition) is 3. The predicted octanol–water partition coefficient (Wildman–Crippen LogP) is 3.60. The van der Waals surface area contributed by atoms with Crippen LogP contribution in [0, 0.1) is 12.8 Å². The zero-order valence-corrected chi connectivity index (χ0v) is 16.8. The van der Waals surface area contributed by atoms with Crippen molar-refractivity contribution >= 4 is 17.5 Å². The highest BCUT2D eigenvalue weighted by molar-refractivity contribution is 5.98. The second kappa shape index (κ2) is 8.91. The van der Waals surface area contributed by atoms with Gasteiger partial charge in [-0.1, -0.05) is 37.3 Å². The number of methoxy groups -OCH3 is 1. The van der Waals surface area contributed by atoms with Crippen LogP contribution < -0.4 is 10.1 Å². The largest absolute Gasteiger partial charge is 0.497 e. The van der Waals surface area contributed by atoms with E-state index in [1.165, 1.54) is 0 Å². The number of nitrogens with zero attached hydrogens (tertiary/aromatic N) is 1. The van der Waals surface area contributed by atoms with Crippen LogP contribution in [0.15, 0.2) is 42.5 Å². The molecule has 1 aliphatic heterocycles. The summed E-state index contributed by atoms with van der Waals surface area (Å²) in [5.41, 5.74) is 4.17. The fourth-order valence-electron chi connectivity index (χ4n) is 3.68. The molecule has 5 nitrogen and oxygen atoms in total. The molecule has 0 saturated carbocycles. The maximum absolute atomic E-state index is 12.8. The lowest BCUT2D eigenvalue weighted by atomic mass is 10.0. The Balaban J connectivity index is 1.60. The smallest absolute Gasteiger partial charge is 0.229 e. The van der Waals surface area contributed by atoms with Crippen LogP contribution in [0.1, 0.15) is 30.0 Å². The maximum Gasteiger partial charge on any atom is 0.229 e. The monoisotopic (exact) mass is 380 g/mol. The maximum atomic E-state index is 12.8. The van der Waals surface area contributed by atoms with E-state index in [-0.39, 0.29) is 24.2 Å². The molecule has 0 radical (unpaired) electrons. The molecule has 1 saturated heterocycles. The lowest BCUT2D eigenvalue weighted by molar-refractivity contribution is -0.128. The molecule has 2 amide bonds. The van der Waals surface area contributed by atoms with E-state index in [4.69, 9.17) is 4.74 Å². The van der Waals surface area contributed by atoms with Gasteiger partial charge in [-0.3, -0.25) is 9.59 Å². The van der Waals surface area contributed by atoms with E-state index >= 15 is 0 Å². The summed E-state index contributed by atoms with van der Waals surface area (Å²) in [6, 6.07) is 13.9. The van der Waals surface area contributed by atoms with Gasteiger partial charge in [0.25, 0.3) is 0 Å². The third-order valence-corrected chi connectivity index (χ3v) is 5.38. The minimum atomic E-state index is -0.304. The molecule has 1 fully saturated rings. The van der Waals surface area contributed by atoms with Gasteiger partial charge < -0.3 is 15.0 Å². The molecule has 0 aliphatic carbocycles. The number of ether oxygens (including phenoxy) is 1. The zero-order valence-electron chi connectivity index (χ0n) is 16.8. The molecule has 0 spiro atoms. The number of hydrogen-bond donors (Lipinski definition) is 1. The van der Waals surface area contributed by atoms with Crippen LogP contribution in [0.25, 0.3) is 0 Å². The highest BCUT2D eigenvalue weighted by Gasteiger charge is 2.34. The Morgan fingerprint density at radius 2 is 2.04 bits per heavy atom. The summed E-state index contributed by atoms with van der Waals surface area (Å²) < 4.78 is 5.25. The molecule has 3 rings (SSSR count). The molecule has 1 aliphatic rings. The number of benzene rings is 2. The Kier molecular flexibility index (Phi) is 6.34. The van der Waals surface area contributed by atoms with E-state index < -0.39 is 0 Å². The lowest BCUT2D eigenvalue weighted by Crippen LogP contribution is -2.30. The van der Waals surface area contributed by atoms with E-state index in [2.05, 4.69) is 12.2 Å². The third kappa shape index (κ3) is 4.53. The zero-order chi connectivity index (χ0) is 20.1. The van der Waals surface area contributed by atoms with Gasteiger partial charge in [0.15, 0.2) is 0 Å². The van der Waals surface area contributed by atoms with Crippen molar-refractivity contribution in [3.63, 3.8) is 0 Å². The topological polar surface area (TPSA) is 58.6 Å². The summed E-state index contributed by atoms with van der Waals surface area (Å²) >= 11 is 0. The molecule has 1 heterocycles. The molecule has 1 N–H and O–H groups in total. The van der Waals surface area contributed by atoms with Crippen molar-refractivity contribution in [2.75, 3.05) is 25.5 Å². The molecular weight excluding hydrogens is 352 g/mol. The number of nitrogens with one attached hydrogen (secondary N) is 1. The Labute approximate surface area is 166 Å². The standard InChI is InChI=1S/C23H28N2O3/c1-4-18-9-5-7-16(2)22(18)24-23(27)19-14-21(26)25(15-19)12-11-17-8-6-10-20(13-17)28-3/h5-10,13,19H,4,11-12,14-15H2,1-3H3,(H,24,27). The highest BCUT2D eigenvalue weighted by atomic mass is 16.5. The molecular formula is C23H28N2O3. The number of rotatable bonds is 7. The molecule has 148 valence electrons. The van der Waals surface area contributed by atoms with Crippen LogP contribution in [-0.4, -0.2) is 36.9 Å². The van der Waals surface area contributed by atoms with Gasteiger partial charge in [-0.2, -0.15) is 0 Å². The molecule has 2 aromatic rings. The number of carbonyl (C=O) groups is 2. The van der Waals surface area contributed by atoms with Crippen molar-refractivity contribution in [3.05, 3.63) is 59.2 Å². The Morgan fingerprint density at radius 3 is 2.79 bits per heavy atom. The first kappa shape index (κ1) is 19.9. The van der Waals surface area contributed by atoms with Gasteiger partial charge in [-0.15, -0.1) is 0 Å². The van der Waals surface area contributed by atoms with Crippen LogP contribution in [0.3, 0.4) is 0 Å². The molecule has 28 heavy (non-hydrogen) atoms. The normalized spacial score (nSPS) is 16.3. The number of anilines is 1. The minimum absolute atomic E-state index is 0.0449. The van der Waals surface area contributed by atoms with E-state index in [1.54, 1.807) is 12.0 Å². The quantitative estimate of drug-likeness (QED) is 0.798. The fraction of sp³-hybridized carbons (Fsp3) is 0.391. The van der Waals surface area contributed by atoms with E-state index in [9.17, 15) is 9.59 Å². The number of para-hydroxylation sites is 1. The Morgan fingerprint density at radius 1 is 1.25 bits per heavy atom. The number of amides is 2. The summed E-state index contributed by atoms with van der Waals surface area (Å²) in [6.07, 6.45) is 1.87. The van der Waals surface area contributed by atoms with Gasteiger partial charge in [0.05, 0.1) is 13.0 Å². The van der Waals surface area contributed by atoms with Crippen molar-refractivity contribution in [2.45, 2.75) is 33.1 Å². The van der Waals surface area contributed by atoms with Gasteiger partial charge >= 0.3 is 0 Å². The number of carbonyl (C=O) groups excluding carboxylic acids is 2. The summed E-state index contributed by atoms with van der Waals surface area (Å²) in [5.74, 6) is 0.486. The fourth-order valence-corrected chi connectivity index (χ4v) is 3.68. The summed E-state index contributed by atoms with van der Waals surface area (Å²) in [7, 11) is 1.64. The van der Waals surface area contributed by atoms with Crippen LogP contribution in [-0.2, 0) is 22.4 Å². The van der Waals surface area contributed by atoms with Gasteiger partial charge in [0, 0.05) is 25.2 Å². The number of aryl methyl sites for hydroxylation is 2. The SMILES string of the molecule is CCc1cccc(C)c1NC(=O)C1CC(=O)N(CCc2cccc(OC)c2)C1. The second-order valence-electron chi connectivity index (χ2n) is 7.29. The molecule has 1 unspecified atom stereocenters. The Hall–Kier alpha value is -2.82. The van der Waals surface area contributed by atoms with Gasteiger partial charge in [0.2, 0.25) is 11.8 Å². The summed E-state index contributed by atoms with van der Waals surface area (Å²) in [5, 5.41) is 3.07. The lowest BCUT2D eigenvalue weighted by Gasteiger charge is -2.18. The molecule has 1 atom stereocenters. The van der Waals surface area contributed by atoms with Gasteiger partial charge in [-0.05, 0) is 48.6 Å². The van der Waals surface area contributed by atoms with Gasteiger partial charge in [-0.25, -0.2) is 0 Å². The van der Waals surface area contributed by atoms with Crippen LogP contribution in [0.2, 0.25) is 0 Å². The van der Waals surface area contributed by atoms with Crippen molar-refractivity contribution < 1.29 is 14.3 Å². The van der Waals surface area contributed by atoms with Crippen molar-refractivity contribution in [3.8, 4) is 5.75 Å². The van der Waals surface area contributed by atoms with Crippen molar-refractivity contribution in [1.29, 1.82) is 0 Å². The highest BCUT2D eigenvalue weighted by Crippen LogP contribution is 2.25. The molecule has 2 aromatic carbocycles. The Bertz CT molecular complexity index is 863. The van der Waals surface area contributed by atoms with Crippen LogP contribution in [0.5, 0.6) is 5.75 Å². The van der Waals surface area contributed by atoms with E-state index in [0.29, 0.717) is 13.1 Å². The first-order valence-electron chi connectivity index (χ1n) is 9.82. The van der Waals surface area contributed by atoms with Crippen LogP contribution >= 0.6 is 0 Å².